The van der Waals surface area contributed by atoms with Gasteiger partial charge in [-0.15, -0.1) is 0 Å². The van der Waals surface area contributed by atoms with Gasteiger partial charge in [-0.1, -0.05) is 378 Å². The molecule has 0 aliphatic heterocycles. The highest BCUT2D eigenvalue weighted by Gasteiger charge is 2.18. The zero-order valence-electron chi connectivity index (χ0n) is 55.8. The number of esters is 1. The summed E-state index contributed by atoms with van der Waals surface area (Å²) in [6.07, 6.45) is 91.5. The molecule has 1 amide bonds. The molecule has 0 aromatic heterocycles. The summed E-state index contributed by atoms with van der Waals surface area (Å²) < 4.78 is 5.48. The van der Waals surface area contributed by atoms with E-state index in [-0.39, 0.29) is 18.5 Å². The van der Waals surface area contributed by atoms with Gasteiger partial charge in [0.25, 0.3) is 0 Å². The van der Waals surface area contributed by atoms with Gasteiger partial charge in [-0.2, -0.15) is 0 Å². The maximum Gasteiger partial charge on any atom is 0.305 e. The highest BCUT2D eigenvalue weighted by atomic mass is 16.5. The van der Waals surface area contributed by atoms with Crippen LogP contribution < -0.4 is 5.32 Å². The molecule has 0 rings (SSSR count). The molecule has 0 fully saturated rings. The molecule has 6 nitrogen and oxygen atoms in total. The van der Waals surface area contributed by atoms with Crippen LogP contribution in [0.1, 0.15) is 425 Å². The summed E-state index contributed by atoms with van der Waals surface area (Å²) in [7, 11) is 0. The Bertz CT molecular complexity index is 1280. The fourth-order valence-corrected chi connectivity index (χ4v) is 12.0. The third-order valence-corrected chi connectivity index (χ3v) is 17.7. The van der Waals surface area contributed by atoms with Crippen LogP contribution in [-0.4, -0.2) is 47.4 Å². The molecule has 0 aliphatic rings. The van der Waals surface area contributed by atoms with Gasteiger partial charge in [0.1, 0.15) is 0 Å². The summed E-state index contributed by atoms with van der Waals surface area (Å²) >= 11 is 0. The van der Waals surface area contributed by atoms with Crippen molar-refractivity contribution in [3.8, 4) is 0 Å². The first-order valence-corrected chi connectivity index (χ1v) is 37.6. The van der Waals surface area contributed by atoms with E-state index in [0.29, 0.717) is 19.4 Å². The maximum atomic E-state index is 12.5. The molecule has 0 heterocycles. The van der Waals surface area contributed by atoms with Gasteiger partial charge in [-0.05, 0) is 57.8 Å². The Morgan fingerprint density at radius 3 is 0.890 bits per heavy atom. The van der Waals surface area contributed by atoms with Gasteiger partial charge in [0.05, 0.1) is 25.4 Å². The van der Waals surface area contributed by atoms with E-state index in [0.717, 1.165) is 44.9 Å². The highest BCUT2D eigenvalue weighted by Crippen LogP contribution is 2.20. The van der Waals surface area contributed by atoms with Crippen LogP contribution in [0.4, 0.5) is 0 Å². The Balaban J connectivity index is 3.33. The third-order valence-electron chi connectivity index (χ3n) is 17.7. The maximum absolute atomic E-state index is 12.5. The summed E-state index contributed by atoms with van der Waals surface area (Å²) in [6.45, 7) is 4.92. The van der Waals surface area contributed by atoms with Crippen LogP contribution in [-0.2, 0) is 14.3 Å². The first-order chi connectivity index (χ1) is 40.5. The van der Waals surface area contributed by atoms with Gasteiger partial charge in [0, 0.05) is 12.8 Å². The smallest absolute Gasteiger partial charge is 0.305 e. The largest absolute Gasteiger partial charge is 0.466 e. The van der Waals surface area contributed by atoms with E-state index >= 15 is 0 Å². The third kappa shape index (κ3) is 67.5. The molecular formula is C76H147NO5. The van der Waals surface area contributed by atoms with Gasteiger partial charge < -0.3 is 20.3 Å². The first-order valence-electron chi connectivity index (χ1n) is 37.6. The Kier molecular flexibility index (Phi) is 70.4. The fourth-order valence-electron chi connectivity index (χ4n) is 12.0. The van der Waals surface area contributed by atoms with Gasteiger partial charge in [-0.3, -0.25) is 9.59 Å². The summed E-state index contributed by atoms with van der Waals surface area (Å²) in [5.41, 5.74) is 0. The van der Waals surface area contributed by atoms with Crippen LogP contribution in [0.2, 0.25) is 0 Å². The minimum absolute atomic E-state index is 0.0128. The van der Waals surface area contributed by atoms with Gasteiger partial charge in [-0.25, -0.2) is 0 Å². The predicted molar refractivity (Wildman–Crippen MR) is 361 cm³/mol. The molecule has 486 valence electrons. The van der Waals surface area contributed by atoms with E-state index in [1.807, 2.05) is 6.08 Å². The lowest BCUT2D eigenvalue weighted by molar-refractivity contribution is -0.143. The molecule has 0 saturated carbocycles. The zero-order chi connectivity index (χ0) is 59.2. The number of hydrogen-bond acceptors (Lipinski definition) is 5. The van der Waals surface area contributed by atoms with Crippen LogP contribution in [0, 0.1) is 0 Å². The minimum Gasteiger partial charge on any atom is -0.466 e. The summed E-state index contributed by atoms with van der Waals surface area (Å²) in [5.74, 6) is -0.0460. The quantitative estimate of drug-likeness (QED) is 0.0320. The van der Waals surface area contributed by atoms with Crippen molar-refractivity contribution in [2.75, 3.05) is 13.2 Å². The van der Waals surface area contributed by atoms with Crippen LogP contribution in [0.15, 0.2) is 24.3 Å². The second-order valence-electron chi connectivity index (χ2n) is 26.0. The average Bonchev–Trinajstić information content (AvgIpc) is 3.48. The molecule has 3 N–H and O–H groups in total. The zero-order valence-corrected chi connectivity index (χ0v) is 55.8. The standard InChI is InChI=1S/C76H147NO5/c1-3-5-7-9-11-13-15-17-18-19-39-42-45-48-52-56-60-64-68-74(79)73(72-78)77-75(80)69-65-61-57-53-49-46-43-40-37-35-33-31-29-27-25-23-21-20-22-24-26-28-30-32-34-36-38-41-44-47-51-55-59-63-67-71-82-76(81)70-66-62-58-54-50-16-14-12-10-8-6-4-2/h12,14,64,68,73-74,78-79H,3-11,13,15-63,65-67,69-72H2,1-2H3,(H,77,80)/b14-12-,68-64+. The number of amides is 1. The van der Waals surface area contributed by atoms with E-state index in [9.17, 15) is 19.8 Å². The second-order valence-corrected chi connectivity index (χ2v) is 26.0. The first kappa shape index (κ1) is 80.3. The minimum atomic E-state index is -0.841. The summed E-state index contributed by atoms with van der Waals surface area (Å²) in [6, 6.07) is -0.624. The van der Waals surface area contributed by atoms with Crippen molar-refractivity contribution in [3.05, 3.63) is 24.3 Å². The van der Waals surface area contributed by atoms with Gasteiger partial charge >= 0.3 is 5.97 Å². The SMILES string of the molecule is CCCCC/C=C\CCCCCCCC(=O)OCCCCCCCCCCCCCCCCCCCCCCCCCCCCCCCCCCCCCC(=O)NC(CO)C(O)/C=C/CCCCCCCCCCCCCCCCCC. The molecule has 2 atom stereocenters. The molecule has 0 aliphatic carbocycles. The topological polar surface area (TPSA) is 95.9 Å². The Morgan fingerprint density at radius 2 is 0.573 bits per heavy atom. The van der Waals surface area contributed by atoms with E-state index in [1.165, 1.54) is 353 Å². The Hall–Kier alpha value is -1.66. The number of hydrogen-bond donors (Lipinski definition) is 3. The number of nitrogens with one attached hydrogen (secondary N) is 1. The lowest BCUT2D eigenvalue weighted by Crippen LogP contribution is -2.45. The molecule has 0 saturated heterocycles. The lowest BCUT2D eigenvalue weighted by atomic mass is 10.0. The molecule has 0 radical (unpaired) electrons. The second kappa shape index (κ2) is 71.8. The molecule has 0 aromatic rings. The van der Waals surface area contributed by atoms with Crippen molar-refractivity contribution in [2.45, 2.75) is 437 Å². The van der Waals surface area contributed by atoms with Gasteiger partial charge in [0.2, 0.25) is 5.91 Å². The number of aliphatic hydroxyl groups is 2. The van der Waals surface area contributed by atoms with Crippen LogP contribution >= 0.6 is 0 Å². The van der Waals surface area contributed by atoms with Crippen molar-refractivity contribution < 1.29 is 24.5 Å². The fraction of sp³-hybridized carbons (Fsp3) is 0.921. The van der Waals surface area contributed by atoms with Crippen molar-refractivity contribution in [2.24, 2.45) is 0 Å². The Labute approximate surface area is 513 Å². The highest BCUT2D eigenvalue weighted by molar-refractivity contribution is 5.76. The van der Waals surface area contributed by atoms with Crippen molar-refractivity contribution >= 4 is 11.9 Å². The molecule has 82 heavy (non-hydrogen) atoms. The molecular weight excluding hydrogens is 1010 g/mol. The van der Waals surface area contributed by atoms with Crippen LogP contribution in [0.25, 0.3) is 0 Å². The predicted octanol–water partition coefficient (Wildman–Crippen LogP) is 24.5. The van der Waals surface area contributed by atoms with Gasteiger partial charge in [0.15, 0.2) is 0 Å². The summed E-state index contributed by atoms with van der Waals surface area (Å²) in [5, 5.41) is 23.2. The van der Waals surface area contributed by atoms with E-state index in [4.69, 9.17) is 4.74 Å². The van der Waals surface area contributed by atoms with E-state index < -0.39 is 12.1 Å². The van der Waals surface area contributed by atoms with Crippen LogP contribution in [0.5, 0.6) is 0 Å². The molecule has 0 spiro atoms. The number of unbranched alkanes of at least 4 members (excludes halogenated alkanes) is 58. The lowest BCUT2D eigenvalue weighted by Gasteiger charge is -2.20. The number of rotatable bonds is 71. The average molecular weight is 1160 g/mol. The number of carbonyl (C=O) groups is 2. The Morgan fingerprint density at radius 1 is 0.329 bits per heavy atom. The van der Waals surface area contributed by atoms with E-state index in [2.05, 4.69) is 31.3 Å². The van der Waals surface area contributed by atoms with Crippen LogP contribution in [0.3, 0.4) is 0 Å². The van der Waals surface area contributed by atoms with Crippen molar-refractivity contribution in [3.63, 3.8) is 0 Å². The van der Waals surface area contributed by atoms with E-state index in [1.54, 1.807) is 6.08 Å². The summed E-state index contributed by atoms with van der Waals surface area (Å²) in [4.78, 5) is 24.5. The number of aliphatic hydroxyl groups excluding tert-OH is 2. The normalized spacial score (nSPS) is 12.6. The molecule has 2 unspecified atom stereocenters. The van der Waals surface area contributed by atoms with Crippen molar-refractivity contribution in [1.82, 2.24) is 5.32 Å². The molecule has 6 heteroatoms. The number of carbonyl (C=O) groups excluding carboxylic acids is 2. The number of allylic oxidation sites excluding steroid dienone is 3. The molecule has 0 bridgehead atoms. The monoisotopic (exact) mass is 1150 g/mol. The van der Waals surface area contributed by atoms with Crippen molar-refractivity contribution in [1.29, 1.82) is 0 Å². The molecule has 0 aromatic carbocycles. The number of ether oxygens (including phenoxy) is 1.